The Bertz CT molecular complexity index is 116. The van der Waals surface area contributed by atoms with Crippen molar-refractivity contribution < 1.29 is 10.2 Å². The summed E-state index contributed by atoms with van der Waals surface area (Å²) >= 11 is 0. The van der Waals surface area contributed by atoms with Gasteiger partial charge in [-0.3, -0.25) is 5.84 Å². The fourth-order valence-corrected chi connectivity index (χ4v) is 1.36. The molecule has 0 amide bonds. The number of aliphatic hydroxyl groups is 2. The van der Waals surface area contributed by atoms with Crippen molar-refractivity contribution in [2.24, 2.45) is 11.3 Å². The molecule has 1 aliphatic heterocycles. The van der Waals surface area contributed by atoms with Crippen LogP contribution in [0.3, 0.4) is 0 Å². The second kappa shape index (κ2) is 3.49. The molecule has 1 aliphatic rings. The van der Waals surface area contributed by atoms with Gasteiger partial charge < -0.3 is 10.2 Å². The molecule has 0 bridgehead atoms. The van der Waals surface area contributed by atoms with Gasteiger partial charge in [0.25, 0.3) is 0 Å². The van der Waals surface area contributed by atoms with Crippen molar-refractivity contribution in [2.75, 3.05) is 26.3 Å². The molecular formula is C7H16N2O2. The van der Waals surface area contributed by atoms with E-state index in [0.29, 0.717) is 0 Å². The van der Waals surface area contributed by atoms with Gasteiger partial charge in [0.1, 0.15) is 0 Å². The van der Waals surface area contributed by atoms with E-state index in [1.807, 2.05) is 0 Å². The maximum Gasteiger partial charge on any atom is 0.0510 e. The quantitative estimate of drug-likeness (QED) is 0.450. The summed E-state index contributed by atoms with van der Waals surface area (Å²) < 4.78 is 0. The molecule has 1 fully saturated rings. The number of hydrogen-bond acceptors (Lipinski definition) is 4. The second-order valence-corrected chi connectivity index (χ2v) is 3.35. The average molecular weight is 160 g/mol. The van der Waals surface area contributed by atoms with Gasteiger partial charge in [-0.2, -0.15) is 0 Å². The Labute approximate surface area is 66.6 Å². The molecule has 0 aromatic carbocycles. The minimum atomic E-state index is -0.268. The van der Waals surface area contributed by atoms with Crippen LogP contribution in [0.2, 0.25) is 0 Å². The van der Waals surface area contributed by atoms with Crippen LogP contribution in [0.5, 0.6) is 0 Å². The summed E-state index contributed by atoms with van der Waals surface area (Å²) in [6.07, 6.45) is 1.58. The maximum atomic E-state index is 9.01. The smallest absolute Gasteiger partial charge is 0.0510 e. The average Bonchev–Trinajstić information content (AvgIpc) is 2.07. The van der Waals surface area contributed by atoms with E-state index in [1.54, 1.807) is 5.01 Å². The fourth-order valence-electron chi connectivity index (χ4n) is 1.36. The van der Waals surface area contributed by atoms with E-state index in [-0.39, 0.29) is 18.6 Å². The normalized spacial score (nSPS) is 25.4. The van der Waals surface area contributed by atoms with Crippen LogP contribution in [0.25, 0.3) is 0 Å². The number of hydrazine groups is 1. The van der Waals surface area contributed by atoms with E-state index < -0.39 is 0 Å². The molecule has 11 heavy (non-hydrogen) atoms. The van der Waals surface area contributed by atoms with E-state index in [9.17, 15) is 0 Å². The number of nitrogens with zero attached hydrogens (tertiary/aromatic N) is 1. The van der Waals surface area contributed by atoms with Gasteiger partial charge in [0.15, 0.2) is 0 Å². The molecule has 0 radical (unpaired) electrons. The Hall–Kier alpha value is -0.160. The summed E-state index contributed by atoms with van der Waals surface area (Å²) in [4.78, 5) is 0. The molecule has 1 heterocycles. The Morgan fingerprint density at radius 3 is 2.00 bits per heavy atom. The summed E-state index contributed by atoms with van der Waals surface area (Å²) in [5, 5.41) is 19.7. The third-order valence-electron chi connectivity index (χ3n) is 2.53. The molecule has 4 heteroatoms. The highest BCUT2D eigenvalue weighted by Gasteiger charge is 2.32. The van der Waals surface area contributed by atoms with Crippen LogP contribution in [0.4, 0.5) is 0 Å². The first-order valence-corrected chi connectivity index (χ1v) is 3.94. The summed E-state index contributed by atoms with van der Waals surface area (Å²) in [5.74, 6) is 5.54. The molecule has 4 nitrogen and oxygen atoms in total. The largest absolute Gasteiger partial charge is 0.396 e. The van der Waals surface area contributed by atoms with Crippen LogP contribution in [0.1, 0.15) is 12.8 Å². The van der Waals surface area contributed by atoms with E-state index in [0.717, 1.165) is 25.9 Å². The zero-order valence-electron chi connectivity index (χ0n) is 6.66. The number of aliphatic hydroxyl groups excluding tert-OH is 2. The highest BCUT2D eigenvalue weighted by atomic mass is 16.3. The third-order valence-corrected chi connectivity index (χ3v) is 2.53. The lowest BCUT2D eigenvalue weighted by Crippen LogP contribution is -2.46. The lowest BCUT2D eigenvalue weighted by molar-refractivity contribution is -0.00146. The van der Waals surface area contributed by atoms with Crippen molar-refractivity contribution >= 4 is 0 Å². The fraction of sp³-hybridized carbons (Fsp3) is 1.00. The first-order valence-electron chi connectivity index (χ1n) is 3.94. The summed E-state index contributed by atoms with van der Waals surface area (Å²) in [5.41, 5.74) is -0.268. The summed E-state index contributed by atoms with van der Waals surface area (Å²) in [6.45, 7) is 1.66. The van der Waals surface area contributed by atoms with Gasteiger partial charge in [-0.25, -0.2) is 5.01 Å². The molecule has 0 spiro atoms. The zero-order valence-corrected chi connectivity index (χ0v) is 6.66. The van der Waals surface area contributed by atoms with Gasteiger partial charge in [-0.15, -0.1) is 0 Å². The topological polar surface area (TPSA) is 69.7 Å². The van der Waals surface area contributed by atoms with Crippen LogP contribution >= 0.6 is 0 Å². The predicted molar refractivity (Wildman–Crippen MR) is 41.6 cm³/mol. The van der Waals surface area contributed by atoms with Gasteiger partial charge in [0, 0.05) is 18.5 Å². The highest BCUT2D eigenvalue weighted by molar-refractivity contribution is 4.83. The van der Waals surface area contributed by atoms with E-state index in [1.165, 1.54) is 0 Å². The zero-order chi connectivity index (χ0) is 8.32. The van der Waals surface area contributed by atoms with E-state index >= 15 is 0 Å². The Morgan fingerprint density at radius 2 is 1.64 bits per heavy atom. The van der Waals surface area contributed by atoms with Crippen LogP contribution in [-0.2, 0) is 0 Å². The maximum absolute atomic E-state index is 9.01. The van der Waals surface area contributed by atoms with Crippen molar-refractivity contribution in [1.82, 2.24) is 5.01 Å². The minimum Gasteiger partial charge on any atom is -0.396 e. The predicted octanol–water partition coefficient (Wildman–Crippen LogP) is -1.07. The molecule has 0 atom stereocenters. The molecule has 66 valence electrons. The van der Waals surface area contributed by atoms with Gasteiger partial charge in [-0.05, 0) is 12.8 Å². The molecule has 0 saturated carbocycles. The standard InChI is InChI=1S/C7H16N2O2/c8-9-3-1-7(5-10,6-11)2-4-9/h10-11H,1-6,8H2. The monoisotopic (exact) mass is 160 g/mol. The van der Waals surface area contributed by atoms with Crippen molar-refractivity contribution in [2.45, 2.75) is 12.8 Å². The molecular weight excluding hydrogens is 144 g/mol. The summed E-state index contributed by atoms with van der Waals surface area (Å²) in [6, 6.07) is 0. The highest BCUT2D eigenvalue weighted by Crippen LogP contribution is 2.28. The van der Waals surface area contributed by atoms with Crippen LogP contribution in [-0.4, -0.2) is 41.5 Å². The van der Waals surface area contributed by atoms with Crippen LogP contribution < -0.4 is 5.84 Å². The van der Waals surface area contributed by atoms with Crippen molar-refractivity contribution in [1.29, 1.82) is 0 Å². The van der Waals surface area contributed by atoms with Gasteiger partial charge in [0.05, 0.1) is 13.2 Å². The van der Waals surface area contributed by atoms with Crippen molar-refractivity contribution in [3.63, 3.8) is 0 Å². The third kappa shape index (κ3) is 1.90. The lowest BCUT2D eigenvalue weighted by Gasteiger charge is -2.37. The van der Waals surface area contributed by atoms with Crippen LogP contribution in [0.15, 0.2) is 0 Å². The first-order chi connectivity index (χ1) is 5.22. The number of piperidine rings is 1. The Balaban J connectivity index is 2.45. The molecule has 0 unspecified atom stereocenters. The molecule has 0 aromatic rings. The van der Waals surface area contributed by atoms with Crippen molar-refractivity contribution in [3.8, 4) is 0 Å². The molecule has 4 N–H and O–H groups in total. The molecule has 1 saturated heterocycles. The molecule has 0 aliphatic carbocycles. The van der Waals surface area contributed by atoms with E-state index in [4.69, 9.17) is 16.1 Å². The second-order valence-electron chi connectivity index (χ2n) is 3.35. The Morgan fingerprint density at radius 1 is 1.18 bits per heavy atom. The molecule has 1 rings (SSSR count). The number of hydrogen-bond donors (Lipinski definition) is 3. The molecule has 0 aromatic heterocycles. The lowest BCUT2D eigenvalue weighted by atomic mass is 9.80. The van der Waals surface area contributed by atoms with Gasteiger partial charge in [0.2, 0.25) is 0 Å². The minimum absolute atomic E-state index is 0.0668. The SMILES string of the molecule is NN1CCC(CO)(CO)CC1. The number of nitrogens with two attached hydrogens (primary N) is 1. The first kappa shape index (κ1) is 8.93. The van der Waals surface area contributed by atoms with Crippen molar-refractivity contribution in [3.05, 3.63) is 0 Å². The number of rotatable bonds is 2. The van der Waals surface area contributed by atoms with Gasteiger partial charge >= 0.3 is 0 Å². The van der Waals surface area contributed by atoms with Crippen LogP contribution in [0, 0.1) is 5.41 Å². The Kier molecular flexibility index (Phi) is 2.84. The van der Waals surface area contributed by atoms with Gasteiger partial charge in [-0.1, -0.05) is 0 Å². The summed E-state index contributed by atoms with van der Waals surface area (Å²) in [7, 11) is 0. The van der Waals surface area contributed by atoms with E-state index in [2.05, 4.69) is 0 Å².